The highest BCUT2D eigenvalue weighted by molar-refractivity contribution is 7.89. The second kappa shape index (κ2) is 6.08. The molecule has 1 fully saturated rings. The second-order valence-electron chi connectivity index (χ2n) is 5.91. The van der Waals surface area contributed by atoms with Gasteiger partial charge in [0.25, 0.3) is 0 Å². The fourth-order valence-electron chi connectivity index (χ4n) is 2.72. The van der Waals surface area contributed by atoms with Gasteiger partial charge in [0.1, 0.15) is 4.90 Å². The van der Waals surface area contributed by atoms with Crippen molar-refractivity contribution in [2.45, 2.75) is 57.4 Å². The maximum absolute atomic E-state index is 12.8. The first-order valence-electron chi connectivity index (χ1n) is 7.23. The predicted octanol–water partition coefficient (Wildman–Crippen LogP) is 1.36. The first kappa shape index (κ1) is 16.5. The Morgan fingerprint density at radius 3 is 2.33 bits per heavy atom. The normalized spacial score (nSPS) is 24.7. The molecule has 0 amide bonds. The molecule has 1 N–H and O–H groups in total. The highest BCUT2D eigenvalue weighted by atomic mass is 32.2. The van der Waals surface area contributed by atoms with E-state index in [0.29, 0.717) is 18.8 Å². The molecule has 0 spiro atoms. The van der Waals surface area contributed by atoms with Gasteiger partial charge in [0.2, 0.25) is 10.0 Å². The van der Waals surface area contributed by atoms with Crippen molar-refractivity contribution < 1.29 is 18.3 Å². The molecule has 21 heavy (non-hydrogen) atoms. The van der Waals surface area contributed by atoms with Crippen LogP contribution in [0.5, 0.6) is 0 Å². The summed E-state index contributed by atoms with van der Waals surface area (Å²) in [6, 6.07) is 1.65. The van der Waals surface area contributed by atoms with Crippen LogP contribution in [0.25, 0.3) is 0 Å². The minimum absolute atomic E-state index is 0.0960. The maximum Gasteiger partial charge on any atom is 0.244 e. The van der Waals surface area contributed by atoms with Gasteiger partial charge in [0.15, 0.2) is 0 Å². The van der Waals surface area contributed by atoms with Gasteiger partial charge in [-0.25, -0.2) is 8.42 Å². The fourth-order valence-corrected chi connectivity index (χ4v) is 4.36. The number of aliphatic hydroxyl groups excluding tert-OH is 1. The smallest absolute Gasteiger partial charge is 0.244 e. The molecule has 1 aliphatic heterocycles. The molecule has 1 saturated heterocycles. The summed E-state index contributed by atoms with van der Waals surface area (Å²) in [7, 11) is -3.55. The molecule has 2 atom stereocenters. The third kappa shape index (κ3) is 3.31. The van der Waals surface area contributed by atoms with Crippen molar-refractivity contribution in [2.24, 2.45) is 0 Å². The molecule has 0 bridgehead atoms. The number of aliphatic hydroxyl groups is 1. The first-order chi connectivity index (χ1) is 9.75. The summed E-state index contributed by atoms with van der Waals surface area (Å²) in [5.41, 5.74) is 0.609. The van der Waals surface area contributed by atoms with E-state index in [4.69, 9.17) is 4.74 Å². The average molecular weight is 316 g/mol. The molecular formula is C14H24N2O4S. The lowest BCUT2D eigenvalue weighted by Crippen LogP contribution is -2.48. The molecular weight excluding hydrogens is 292 g/mol. The van der Waals surface area contributed by atoms with Gasteiger partial charge in [0, 0.05) is 31.0 Å². The zero-order chi connectivity index (χ0) is 15.8. The SMILES string of the molecule is CC1CN(S(=O)(=O)c2cc(CO)n(C(C)C)c2)CC(C)O1. The van der Waals surface area contributed by atoms with E-state index in [-0.39, 0.29) is 29.8 Å². The van der Waals surface area contributed by atoms with Crippen molar-refractivity contribution in [1.82, 2.24) is 8.87 Å². The number of hydrogen-bond donors (Lipinski definition) is 1. The molecule has 0 aliphatic carbocycles. The van der Waals surface area contributed by atoms with Crippen molar-refractivity contribution in [1.29, 1.82) is 0 Å². The molecule has 120 valence electrons. The van der Waals surface area contributed by atoms with Crippen molar-refractivity contribution in [3.05, 3.63) is 18.0 Å². The van der Waals surface area contributed by atoms with Gasteiger partial charge in [-0.15, -0.1) is 0 Å². The zero-order valence-corrected chi connectivity index (χ0v) is 13.8. The van der Waals surface area contributed by atoms with Crippen LogP contribution in [0.4, 0.5) is 0 Å². The quantitative estimate of drug-likeness (QED) is 0.910. The van der Waals surface area contributed by atoms with E-state index in [9.17, 15) is 13.5 Å². The van der Waals surface area contributed by atoms with Crippen LogP contribution in [0.3, 0.4) is 0 Å². The summed E-state index contributed by atoms with van der Waals surface area (Å²) in [6.07, 6.45) is 1.37. The number of hydrogen-bond acceptors (Lipinski definition) is 4. The standard InChI is InChI=1S/C14H24N2O4S/c1-10(2)16-8-14(5-13(16)9-17)21(18,19)15-6-11(3)20-12(4)7-15/h5,8,10-12,17H,6-7,9H2,1-4H3. The summed E-state index contributed by atoms with van der Waals surface area (Å²) >= 11 is 0. The number of rotatable bonds is 4. The summed E-state index contributed by atoms with van der Waals surface area (Å²) in [5, 5.41) is 9.39. The third-order valence-corrected chi connectivity index (χ3v) is 5.45. The van der Waals surface area contributed by atoms with Crippen molar-refractivity contribution in [3.63, 3.8) is 0 Å². The second-order valence-corrected chi connectivity index (χ2v) is 7.84. The zero-order valence-electron chi connectivity index (χ0n) is 13.0. The van der Waals surface area contributed by atoms with E-state index in [1.54, 1.807) is 16.8 Å². The highest BCUT2D eigenvalue weighted by Gasteiger charge is 2.33. The highest BCUT2D eigenvalue weighted by Crippen LogP contribution is 2.24. The van der Waals surface area contributed by atoms with E-state index >= 15 is 0 Å². The Kier molecular flexibility index (Phi) is 4.77. The van der Waals surface area contributed by atoms with Gasteiger partial charge in [0.05, 0.1) is 18.8 Å². The Morgan fingerprint density at radius 1 is 1.33 bits per heavy atom. The number of ether oxygens (including phenoxy) is 1. The molecule has 1 aliphatic rings. The molecule has 6 nitrogen and oxygen atoms in total. The number of morpholine rings is 1. The Bertz CT molecular complexity index is 584. The topological polar surface area (TPSA) is 71.8 Å². The summed E-state index contributed by atoms with van der Waals surface area (Å²) in [5.74, 6) is 0. The van der Waals surface area contributed by atoms with E-state index < -0.39 is 10.0 Å². The molecule has 0 aromatic carbocycles. The Labute approximate surface area is 126 Å². The molecule has 0 radical (unpaired) electrons. The maximum atomic E-state index is 12.8. The molecule has 2 unspecified atom stereocenters. The largest absolute Gasteiger partial charge is 0.390 e. The van der Waals surface area contributed by atoms with E-state index in [1.807, 2.05) is 27.7 Å². The van der Waals surface area contributed by atoms with Gasteiger partial charge < -0.3 is 14.4 Å². The minimum Gasteiger partial charge on any atom is -0.390 e. The van der Waals surface area contributed by atoms with Crippen LogP contribution in [-0.2, 0) is 21.4 Å². The van der Waals surface area contributed by atoms with Crippen LogP contribution < -0.4 is 0 Å². The monoisotopic (exact) mass is 316 g/mol. The van der Waals surface area contributed by atoms with Gasteiger partial charge >= 0.3 is 0 Å². The third-order valence-electron chi connectivity index (χ3n) is 3.65. The molecule has 2 rings (SSSR count). The molecule has 7 heteroatoms. The van der Waals surface area contributed by atoms with E-state index in [0.717, 1.165) is 0 Å². The van der Waals surface area contributed by atoms with E-state index in [1.165, 1.54) is 4.31 Å². The Morgan fingerprint density at radius 2 is 1.90 bits per heavy atom. The van der Waals surface area contributed by atoms with Crippen LogP contribution >= 0.6 is 0 Å². The molecule has 1 aromatic heterocycles. The van der Waals surface area contributed by atoms with Crippen molar-refractivity contribution >= 4 is 10.0 Å². The van der Waals surface area contributed by atoms with Gasteiger partial charge in [-0.05, 0) is 33.8 Å². The summed E-state index contributed by atoms with van der Waals surface area (Å²) in [6.45, 7) is 8.18. The van der Waals surface area contributed by atoms with Crippen molar-refractivity contribution in [3.8, 4) is 0 Å². The van der Waals surface area contributed by atoms with Gasteiger partial charge in [-0.2, -0.15) is 4.31 Å². The van der Waals surface area contributed by atoms with Gasteiger partial charge in [-0.3, -0.25) is 0 Å². The van der Waals surface area contributed by atoms with Crippen LogP contribution in [0.2, 0.25) is 0 Å². The predicted molar refractivity (Wildman–Crippen MR) is 79.5 cm³/mol. The lowest BCUT2D eigenvalue weighted by atomic mass is 10.3. The number of aromatic nitrogens is 1. The fraction of sp³-hybridized carbons (Fsp3) is 0.714. The first-order valence-corrected chi connectivity index (χ1v) is 8.67. The number of nitrogens with zero attached hydrogens (tertiary/aromatic N) is 2. The van der Waals surface area contributed by atoms with Crippen LogP contribution in [-0.4, -0.2) is 47.7 Å². The van der Waals surface area contributed by atoms with Crippen LogP contribution in [0.1, 0.15) is 39.4 Å². The summed E-state index contributed by atoms with van der Waals surface area (Å²) < 4.78 is 34.4. The number of sulfonamides is 1. The molecule has 1 aromatic rings. The van der Waals surface area contributed by atoms with Gasteiger partial charge in [-0.1, -0.05) is 0 Å². The molecule has 0 saturated carbocycles. The lowest BCUT2D eigenvalue weighted by Gasteiger charge is -2.34. The average Bonchev–Trinajstić information content (AvgIpc) is 2.82. The Hall–Kier alpha value is -0.890. The molecule has 2 heterocycles. The Balaban J connectivity index is 2.35. The van der Waals surface area contributed by atoms with Crippen LogP contribution in [0, 0.1) is 0 Å². The summed E-state index contributed by atoms with van der Waals surface area (Å²) in [4.78, 5) is 0.238. The van der Waals surface area contributed by atoms with Crippen LogP contribution in [0.15, 0.2) is 17.2 Å². The minimum atomic E-state index is -3.55. The lowest BCUT2D eigenvalue weighted by molar-refractivity contribution is -0.0440. The van der Waals surface area contributed by atoms with E-state index in [2.05, 4.69) is 0 Å². The van der Waals surface area contributed by atoms with Crippen molar-refractivity contribution in [2.75, 3.05) is 13.1 Å².